The van der Waals surface area contributed by atoms with Crippen molar-refractivity contribution in [2.45, 2.75) is 6.42 Å². The molecule has 0 amide bonds. The molecule has 1 radical (unpaired) electrons. The van der Waals surface area contributed by atoms with E-state index in [-0.39, 0.29) is 0 Å². The first-order chi connectivity index (χ1) is 3.39. The van der Waals surface area contributed by atoms with Crippen molar-refractivity contribution >= 4 is 0 Å². The van der Waals surface area contributed by atoms with Gasteiger partial charge in [0, 0.05) is 25.2 Å². The van der Waals surface area contributed by atoms with Crippen molar-refractivity contribution in [3.63, 3.8) is 0 Å². The van der Waals surface area contributed by atoms with Crippen LogP contribution in [0.1, 0.15) is 6.42 Å². The Hall–Kier alpha value is -0.500. The van der Waals surface area contributed by atoms with Crippen LogP contribution in [0.3, 0.4) is 0 Å². The molecule has 0 unspecified atom stereocenters. The fourth-order valence-corrected chi connectivity index (χ4v) is 0.623. The summed E-state index contributed by atoms with van der Waals surface area (Å²) in [5.41, 5.74) is 7.87. The zero-order valence-corrected chi connectivity index (χ0v) is 4.20. The molecule has 0 atom stereocenters. The molecule has 0 aromatic rings. The quantitative estimate of drug-likeness (QED) is 0.458. The van der Waals surface area contributed by atoms with E-state index in [9.17, 15) is 0 Å². The molecule has 0 aromatic carbocycles. The Morgan fingerprint density at radius 3 is 2.86 bits per heavy atom. The molecule has 0 spiro atoms. The van der Waals surface area contributed by atoms with Crippen LogP contribution in [0.2, 0.25) is 0 Å². The molecule has 1 aliphatic rings. The van der Waals surface area contributed by atoms with Gasteiger partial charge in [0.25, 0.3) is 0 Å². The maximum absolute atomic E-state index is 7.09. The first kappa shape index (κ1) is 4.65. The lowest BCUT2D eigenvalue weighted by atomic mass is 10.2. The third-order valence-corrected chi connectivity index (χ3v) is 1.06. The molecule has 39 valence electrons. The second-order valence-corrected chi connectivity index (χ2v) is 1.68. The fourth-order valence-electron chi connectivity index (χ4n) is 0.623. The first-order valence-corrected chi connectivity index (χ1v) is 2.51. The van der Waals surface area contributed by atoms with Gasteiger partial charge in [-0.3, -0.25) is 0 Å². The molecule has 0 fully saturated rings. The van der Waals surface area contributed by atoms with Crippen molar-refractivity contribution in [3.05, 3.63) is 11.8 Å². The Bertz CT molecular complexity index is 86.1. The van der Waals surface area contributed by atoms with Gasteiger partial charge in [-0.05, 0) is 6.08 Å². The Balaban J connectivity index is 2.40. The molecule has 0 saturated carbocycles. The molecular weight excluding hydrogens is 88.1 g/mol. The number of hydrogen-bond acceptors (Lipinski definition) is 1. The molecule has 0 aromatic heterocycles. The molecule has 0 bridgehead atoms. The van der Waals surface area contributed by atoms with Crippen LogP contribution in [-0.4, -0.2) is 13.1 Å². The van der Waals surface area contributed by atoms with Crippen molar-refractivity contribution < 1.29 is 0 Å². The summed E-state index contributed by atoms with van der Waals surface area (Å²) in [6.07, 6.45) is 2.81. The van der Waals surface area contributed by atoms with Gasteiger partial charge in [0.2, 0.25) is 0 Å². The van der Waals surface area contributed by atoms with Gasteiger partial charge in [-0.2, -0.15) is 0 Å². The van der Waals surface area contributed by atoms with Gasteiger partial charge >= 0.3 is 0 Å². The number of nitrogens with one attached hydrogen (secondary N) is 2. The largest absolute Gasteiger partial charge is 0.313 e. The lowest BCUT2D eigenvalue weighted by Crippen LogP contribution is -2.20. The zero-order valence-electron chi connectivity index (χ0n) is 4.20. The monoisotopic (exact) mass is 97.1 g/mol. The van der Waals surface area contributed by atoms with Crippen molar-refractivity contribution in [3.8, 4) is 0 Å². The molecule has 7 heavy (non-hydrogen) atoms. The predicted molar refractivity (Wildman–Crippen MR) is 28.7 cm³/mol. The van der Waals surface area contributed by atoms with Crippen molar-refractivity contribution in [1.29, 1.82) is 0 Å². The van der Waals surface area contributed by atoms with Gasteiger partial charge in [0.05, 0.1) is 0 Å². The Morgan fingerprint density at radius 1 is 1.71 bits per heavy atom. The Labute approximate surface area is 43.4 Å². The summed E-state index contributed by atoms with van der Waals surface area (Å²) in [5, 5.41) is 3.12. The minimum atomic E-state index is 0.777. The van der Waals surface area contributed by atoms with E-state index < -0.39 is 0 Å². The summed E-state index contributed by atoms with van der Waals surface area (Å²) in [7, 11) is 0. The average Bonchev–Trinajstić information content (AvgIpc) is 1.69. The highest BCUT2D eigenvalue weighted by Gasteiger charge is 1.95. The summed E-state index contributed by atoms with van der Waals surface area (Å²) in [6.45, 7) is 1.87. The SMILES string of the molecule is [NH]C1=CCNCC1. The van der Waals surface area contributed by atoms with Gasteiger partial charge in [-0.1, -0.05) is 0 Å². The van der Waals surface area contributed by atoms with Gasteiger partial charge < -0.3 is 11.1 Å². The van der Waals surface area contributed by atoms with E-state index in [1.54, 1.807) is 0 Å². The van der Waals surface area contributed by atoms with Gasteiger partial charge in [-0.25, -0.2) is 0 Å². The topological polar surface area (TPSA) is 35.8 Å². The Kier molecular flexibility index (Phi) is 1.32. The smallest absolute Gasteiger partial charge is 0.0299 e. The summed E-state index contributed by atoms with van der Waals surface area (Å²) < 4.78 is 0. The number of rotatable bonds is 0. The van der Waals surface area contributed by atoms with Crippen molar-refractivity contribution in [2.75, 3.05) is 13.1 Å². The minimum Gasteiger partial charge on any atom is -0.313 e. The molecule has 2 heteroatoms. The van der Waals surface area contributed by atoms with Crippen LogP contribution in [0.15, 0.2) is 11.8 Å². The normalized spacial score (nSPS) is 21.4. The van der Waals surface area contributed by atoms with Gasteiger partial charge in [0.1, 0.15) is 0 Å². The molecule has 2 N–H and O–H groups in total. The maximum Gasteiger partial charge on any atom is 0.0299 e. The van der Waals surface area contributed by atoms with E-state index in [1.807, 2.05) is 6.08 Å². The van der Waals surface area contributed by atoms with Gasteiger partial charge in [-0.15, -0.1) is 0 Å². The standard InChI is InChI=1S/C5H9N2/c6-5-1-3-7-4-2-5/h1,6-7H,2-4H2. The maximum atomic E-state index is 7.09. The zero-order chi connectivity index (χ0) is 5.11. The molecule has 2 nitrogen and oxygen atoms in total. The lowest BCUT2D eigenvalue weighted by Gasteiger charge is -2.06. The second-order valence-electron chi connectivity index (χ2n) is 1.68. The summed E-state index contributed by atoms with van der Waals surface area (Å²) in [5.74, 6) is 0. The second kappa shape index (κ2) is 1.98. The van der Waals surface area contributed by atoms with Crippen LogP contribution in [0.4, 0.5) is 0 Å². The van der Waals surface area contributed by atoms with E-state index in [0.29, 0.717) is 0 Å². The third kappa shape index (κ3) is 1.20. The average molecular weight is 97.1 g/mol. The highest BCUT2D eigenvalue weighted by Crippen LogP contribution is 1.95. The van der Waals surface area contributed by atoms with E-state index in [2.05, 4.69) is 5.32 Å². The molecule has 1 heterocycles. The van der Waals surface area contributed by atoms with Gasteiger partial charge in [0.15, 0.2) is 0 Å². The van der Waals surface area contributed by atoms with Crippen LogP contribution in [0, 0.1) is 0 Å². The first-order valence-electron chi connectivity index (χ1n) is 2.51. The highest BCUT2D eigenvalue weighted by molar-refractivity contribution is 5.00. The van der Waals surface area contributed by atoms with Crippen molar-refractivity contribution in [1.82, 2.24) is 11.1 Å². The Morgan fingerprint density at radius 2 is 2.57 bits per heavy atom. The van der Waals surface area contributed by atoms with Crippen LogP contribution < -0.4 is 11.1 Å². The van der Waals surface area contributed by atoms with Crippen LogP contribution >= 0.6 is 0 Å². The molecule has 0 saturated heterocycles. The van der Waals surface area contributed by atoms with E-state index in [0.717, 1.165) is 25.2 Å². The van der Waals surface area contributed by atoms with Crippen LogP contribution in [0.5, 0.6) is 0 Å². The summed E-state index contributed by atoms with van der Waals surface area (Å²) >= 11 is 0. The van der Waals surface area contributed by atoms with E-state index in [4.69, 9.17) is 5.73 Å². The molecular formula is C5H9N2. The fraction of sp³-hybridized carbons (Fsp3) is 0.600. The molecule has 1 rings (SSSR count). The third-order valence-electron chi connectivity index (χ3n) is 1.06. The minimum absolute atomic E-state index is 0.777. The van der Waals surface area contributed by atoms with Crippen LogP contribution in [-0.2, 0) is 0 Å². The predicted octanol–water partition coefficient (Wildman–Crippen LogP) is 0.146. The summed E-state index contributed by atoms with van der Waals surface area (Å²) in [4.78, 5) is 0. The van der Waals surface area contributed by atoms with Crippen molar-refractivity contribution in [2.24, 2.45) is 0 Å². The van der Waals surface area contributed by atoms with E-state index in [1.165, 1.54) is 0 Å². The molecule has 0 aliphatic carbocycles. The summed E-state index contributed by atoms with van der Waals surface area (Å²) in [6, 6.07) is 0. The highest BCUT2D eigenvalue weighted by atomic mass is 14.9. The van der Waals surface area contributed by atoms with Crippen LogP contribution in [0.25, 0.3) is 0 Å². The molecule has 1 aliphatic heterocycles. The number of hydrogen-bond donors (Lipinski definition) is 1. The van der Waals surface area contributed by atoms with E-state index >= 15 is 0 Å². The lowest BCUT2D eigenvalue weighted by molar-refractivity contribution is 0.695.